The minimum atomic E-state index is -0.407. The first-order valence-electron chi connectivity index (χ1n) is 11.3. The van der Waals surface area contributed by atoms with E-state index >= 15 is 0 Å². The number of carbonyl (C=O) groups excluding carboxylic acids is 1. The first kappa shape index (κ1) is 20.6. The largest absolute Gasteiger partial charge is 0.485 e. The van der Waals surface area contributed by atoms with Crippen LogP contribution in [0.1, 0.15) is 40.9 Å². The number of amides is 1. The standard InChI is InChI=1S/C26H28N4O2/c31-25(23-17-27-13-14-28-23)30-19-22-9-4-5-10-24(22)32-26(20-30)11-6-15-29(16-12-26)18-21-7-2-1-3-8-21/h1-5,7-10,13-14,17H,6,11-12,15-16,18-20H2. The second-order valence-corrected chi connectivity index (χ2v) is 8.76. The van der Waals surface area contributed by atoms with Crippen LogP contribution in [-0.2, 0) is 13.1 Å². The summed E-state index contributed by atoms with van der Waals surface area (Å²) in [6.45, 7) is 3.97. The molecule has 0 aliphatic carbocycles. The lowest BCUT2D eigenvalue weighted by molar-refractivity contribution is 0.0212. The number of hydrogen-bond donors (Lipinski definition) is 0. The van der Waals surface area contributed by atoms with Gasteiger partial charge >= 0.3 is 0 Å². The first-order chi connectivity index (χ1) is 15.7. The molecule has 32 heavy (non-hydrogen) atoms. The average Bonchev–Trinajstić information content (AvgIpc) is 3.13. The fraction of sp³-hybridized carbons (Fsp3) is 0.346. The smallest absolute Gasteiger partial charge is 0.274 e. The van der Waals surface area contributed by atoms with Crippen molar-refractivity contribution in [1.82, 2.24) is 19.8 Å². The highest BCUT2D eigenvalue weighted by Gasteiger charge is 2.40. The van der Waals surface area contributed by atoms with Crippen molar-refractivity contribution in [3.05, 3.63) is 90.0 Å². The Morgan fingerprint density at radius 3 is 2.69 bits per heavy atom. The molecule has 5 rings (SSSR count). The van der Waals surface area contributed by atoms with Gasteiger partial charge < -0.3 is 9.64 Å². The van der Waals surface area contributed by atoms with E-state index in [0.29, 0.717) is 18.8 Å². The maximum Gasteiger partial charge on any atom is 0.274 e. The number of benzene rings is 2. The van der Waals surface area contributed by atoms with Crippen molar-refractivity contribution in [2.75, 3.05) is 19.6 Å². The molecule has 2 aliphatic heterocycles. The third-order valence-corrected chi connectivity index (χ3v) is 6.45. The lowest BCUT2D eigenvalue weighted by Crippen LogP contribution is -2.48. The van der Waals surface area contributed by atoms with Gasteiger partial charge in [-0.05, 0) is 31.0 Å². The molecule has 2 aliphatic rings. The molecule has 1 aromatic heterocycles. The van der Waals surface area contributed by atoms with E-state index in [1.54, 1.807) is 18.6 Å². The number of likely N-dealkylation sites (tertiary alicyclic amines) is 1. The van der Waals surface area contributed by atoms with E-state index in [1.165, 1.54) is 5.56 Å². The number of carbonyl (C=O) groups is 1. The van der Waals surface area contributed by atoms with Crippen LogP contribution in [0.2, 0.25) is 0 Å². The highest BCUT2D eigenvalue weighted by atomic mass is 16.5. The minimum absolute atomic E-state index is 0.0943. The SMILES string of the molecule is O=C(c1cnccn1)N1Cc2ccccc2OC2(CCCN(Cc3ccccc3)CC2)C1. The van der Waals surface area contributed by atoms with Gasteiger partial charge in [-0.25, -0.2) is 4.98 Å². The van der Waals surface area contributed by atoms with Gasteiger partial charge in [0.2, 0.25) is 0 Å². The number of aromatic nitrogens is 2. The van der Waals surface area contributed by atoms with E-state index in [1.807, 2.05) is 29.2 Å². The summed E-state index contributed by atoms with van der Waals surface area (Å²) in [5.41, 5.74) is 2.33. The van der Waals surface area contributed by atoms with Gasteiger partial charge in [-0.1, -0.05) is 48.5 Å². The Morgan fingerprint density at radius 1 is 1.00 bits per heavy atom. The highest BCUT2D eigenvalue weighted by Crippen LogP contribution is 2.36. The summed E-state index contributed by atoms with van der Waals surface area (Å²) in [5, 5.41) is 0. The molecular formula is C26H28N4O2. The Kier molecular flexibility index (Phi) is 5.86. The summed E-state index contributed by atoms with van der Waals surface area (Å²) in [6, 6.07) is 18.7. The molecule has 6 heteroatoms. The lowest BCUT2D eigenvalue weighted by Gasteiger charge is -2.35. The predicted molar refractivity (Wildman–Crippen MR) is 122 cm³/mol. The highest BCUT2D eigenvalue weighted by molar-refractivity contribution is 5.92. The summed E-state index contributed by atoms with van der Waals surface area (Å²) in [6.07, 6.45) is 7.52. The molecule has 1 saturated heterocycles. The van der Waals surface area contributed by atoms with Crippen LogP contribution in [0.4, 0.5) is 0 Å². The van der Waals surface area contributed by atoms with Crippen molar-refractivity contribution in [1.29, 1.82) is 0 Å². The van der Waals surface area contributed by atoms with Gasteiger partial charge in [0.25, 0.3) is 5.91 Å². The van der Waals surface area contributed by atoms with Crippen LogP contribution >= 0.6 is 0 Å². The molecule has 0 bridgehead atoms. The van der Waals surface area contributed by atoms with Gasteiger partial charge in [0, 0.05) is 44.0 Å². The Morgan fingerprint density at radius 2 is 1.84 bits per heavy atom. The van der Waals surface area contributed by atoms with Gasteiger partial charge in [0.1, 0.15) is 17.0 Å². The quantitative estimate of drug-likeness (QED) is 0.633. The van der Waals surface area contributed by atoms with E-state index in [9.17, 15) is 4.79 Å². The maximum atomic E-state index is 13.3. The normalized spacial score (nSPS) is 21.3. The topological polar surface area (TPSA) is 58.6 Å². The van der Waals surface area contributed by atoms with Crippen LogP contribution in [0.25, 0.3) is 0 Å². The van der Waals surface area contributed by atoms with Gasteiger partial charge in [-0.2, -0.15) is 0 Å². The molecule has 0 radical (unpaired) electrons. The monoisotopic (exact) mass is 428 g/mol. The van der Waals surface area contributed by atoms with Crippen molar-refractivity contribution in [2.45, 2.75) is 38.0 Å². The molecular weight excluding hydrogens is 400 g/mol. The zero-order chi connectivity index (χ0) is 21.8. The lowest BCUT2D eigenvalue weighted by atomic mass is 9.93. The Hall–Kier alpha value is -3.25. The molecule has 1 spiro atoms. The molecule has 1 unspecified atom stereocenters. The number of rotatable bonds is 3. The number of fused-ring (bicyclic) bond motifs is 1. The fourth-order valence-corrected chi connectivity index (χ4v) is 4.81. The molecule has 2 aromatic carbocycles. The molecule has 3 aromatic rings. The van der Waals surface area contributed by atoms with Crippen molar-refractivity contribution < 1.29 is 9.53 Å². The third-order valence-electron chi connectivity index (χ3n) is 6.45. The second-order valence-electron chi connectivity index (χ2n) is 8.76. The van der Waals surface area contributed by atoms with Crippen LogP contribution in [0.3, 0.4) is 0 Å². The maximum absolute atomic E-state index is 13.3. The van der Waals surface area contributed by atoms with Gasteiger partial charge in [0.05, 0.1) is 12.7 Å². The van der Waals surface area contributed by atoms with Crippen molar-refractivity contribution in [3.63, 3.8) is 0 Å². The van der Waals surface area contributed by atoms with Crippen LogP contribution in [-0.4, -0.2) is 50.9 Å². The molecule has 164 valence electrons. The van der Waals surface area contributed by atoms with Gasteiger partial charge in [-0.3, -0.25) is 14.7 Å². The number of para-hydroxylation sites is 1. The molecule has 6 nitrogen and oxygen atoms in total. The van der Waals surface area contributed by atoms with E-state index < -0.39 is 5.60 Å². The number of hydrogen-bond acceptors (Lipinski definition) is 5. The second kappa shape index (κ2) is 9.09. The summed E-state index contributed by atoms with van der Waals surface area (Å²) in [7, 11) is 0. The number of ether oxygens (including phenoxy) is 1. The molecule has 0 N–H and O–H groups in total. The summed E-state index contributed by atoms with van der Waals surface area (Å²) in [4.78, 5) is 26.1. The third kappa shape index (κ3) is 4.50. The van der Waals surface area contributed by atoms with Crippen LogP contribution in [0.15, 0.2) is 73.2 Å². The van der Waals surface area contributed by atoms with Crippen molar-refractivity contribution in [3.8, 4) is 5.75 Å². The minimum Gasteiger partial charge on any atom is -0.485 e. The Bertz CT molecular complexity index is 1060. The van der Waals surface area contributed by atoms with E-state index in [2.05, 4.69) is 45.2 Å². The summed E-state index contributed by atoms with van der Waals surface area (Å²) < 4.78 is 6.72. The average molecular weight is 429 g/mol. The van der Waals surface area contributed by atoms with Crippen LogP contribution in [0, 0.1) is 0 Å². The summed E-state index contributed by atoms with van der Waals surface area (Å²) in [5.74, 6) is 0.793. The molecule has 1 fully saturated rings. The van der Waals surface area contributed by atoms with E-state index in [4.69, 9.17) is 4.74 Å². The van der Waals surface area contributed by atoms with Gasteiger partial charge in [0.15, 0.2) is 0 Å². The van der Waals surface area contributed by atoms with E-state index in [0.717, 1.165) is 50.2 Å². The van der Waals surface area contributed by atoms with Crippen LogP contribution < -0.4 is 4.74 Å². The zero-order valence-corrected chi connectivity index (χ0v) is 18.2. The molecule has 1 atom stereocenters. The first-order valence-corrected chi connectivity index (χ1v) is 11.3. The van der Waals surface area contributed by atoms with Crippen LogP contribution in [0.5, 0.6) is 5.75 Å². The van der Waals surface area contributed by atoms with Crippen molar-refractivity contribution >= 4 is 5.91 Å². The Balaban J connectivity index is 1.40. The molecule has 0 saturated carbocycles. The summed E-state index contributed by atoms with van der Waals surface area (Å²) >= 11 is 0. The Labute approximate surface area is 188 Å². The van der Waals surface area contributed by atoms with Crippen molar-refractivity contribution in [2.24, 2.45) is 0 Å². The molecule has 1 amide bonds. The van der Waals surface area contributed by atoms with E-state index in [-0.39, 0.29) is 5.91 Å². The molecule has 3 heterocycles. The zero-order valence-electron chi connectivity index (χ0n) is 18.2. The van der Waals surface area contributed by atoms with Gasteiger partial charge in [-0.15, -0.1) is 0 Å². The fourth-order valence-electron chi connectivity index (χ4n) is 4.81. The predicted octanol–water partition coefficient (Wildman–Crippen LogP) is 3.94. The number of nitrogens with zero attached hydrogens (tertiary/aromatic N) is 4.